The van der Waals surface area contributed by atoms with Crippen LogP contribution < -0.4 is 5.56 Å². The van der Waals surface area contributed by atoms with Gasteiger partial charge < -0.3 is 19.6 Å². The van der Waals surface area contributed by atoms with Crippen LogP contribution in [0.1, 0.15) is 28.0 Å². The first kappa shape index (κ1) is 15.5. The molecular weight excluding hydrogens is 322 g/mol. The number of hydrogen-bond acceptors (Lipinski definition) is 5. The first-order chi connectivity index (χ1) is 12.1. The number of carbonyl (C=O) groups excluding carboxylic acids is 1. The zero-order valence-electron chi connectivity index (χ0n) is 13.7. The van der Waals surface area contributed by atoms with Crippen LogP contribution in [-0.4, -0.2) is 50.4 Å². The summed E-state index contributed by atoms with van der Waals surface area (Å²) in [6.07, 6.45) is 1.19. The van der Waals surface area contributed by atoms with E-state index in [1.54, 1.807) is 30.3 Å². The third-order valence-corrected chi connectivity index (χ3v) is 4.23. The predicted octanol–water partition coefficient (Wildman–Crippen LogP) is 1.17. The van der Waals surface area contributed by atoms with Gasteiger partial charge in [-0.3, -0.25) is 9.59 Å². The highest BCUT2D eigenvalue weighted by Gasteiger charge is 2.27. The van der Waals surface area contributed by atoms with Gasteiger partial charge in [0.1, 0.15) is 11.9 Å². The van der Waals surface area contributed by atoms with Crippen LogP contribution in [0.15, 0.2) is 35.4 Å². The number of morpholine rings is 1. The minimum atomic E-state index is -0.408. The normalized spacial score (nSPS) is 17.8. The van der Waals surface area contributed by atoms with E-state index >= 15 is 0 Å². The number of rotatable bonds is 2. The average Bonchev–Trinajstić information content (AvgIpc) is 3.08. The van der Waals surface area contributed by atoms with Gasteiger partial charge in [0.05, 0.1) is 36.2 Å². The van der Waals surface area contributed by atoms with Gasteiger partial charge in [-0.2, -0.15) is 0 Å². The summed E-state index contributed by atoms with van der Waals surface area (Å²) < 4.78 is 5.72. The zero-order valence-corrected chi connectivity index (χ0v) is 13.7. The van der Waals surface area contributed by atoms with E-state index < -0.39 is 6.10 Å². The summed E-state index contributed by atoms with van der Waals surface area (Å²) in [6.45, 7) is 2.97. The predicted molar refractivity (Wildman–Crippen MR) is 90.3 cm³/mol. The molecule has 4 rings (SSSR count). The molecule has 25 heavy (non-hydrogen) atoms. The van der Waals surface area contributed by atoms with E-state index in [2.05, 4.69) is 19.9 Å². The Morgan fingerprint density at radius 3 is 3.08 bits per heavy atom. The number of benzene rings is 1. The maximum absolute atomic E-state index is 12.8. The number of amides is 1. The number of imidazole rings is 1. The molecule has 0 bridgehead atoms. The van der Waals surface area contributed by atoms with Crippen LogP contribution in [0.5, 0.6) is 0 Å². The molecular formula is C17H17N5O3. The van der Waals surface area contributed by atoms with Gasteiger partial charge in [0, 0.05) is 18.2 Å². The number of aromatic nitrogens is 4. The standard InChI is InChI=1S/C17H17N5O3/c1-10-20-14(7-16(23)21-10)15-8-22(4-5-25-15)17(24)11-2-3-12-13(6-11)19-9-18-12/h2-3,6-7,9,15H,4-5,8H2,1H3,(H,18,19)(H,20,21,23). The Bertz CT molecular complexity index is 993. The van der Waals surface area contributed by atoms with Crippen molar-refractivity contribution in [3.05, 3.63) is 58.0 Å². The molecule has 1 aliphatic heterocycles. The fourth-order valence-corrected chi connectivity index (χ4v) is 3.03. The molecule has 0 saturated carbocycles. The lowest BCUT2D eigenvalue weighted by Gasteiger charge is -2.32. The van der Waals surface area contributed by atoms with Crippen molar-refractivity contribution in [2.75, 3.05) is 19.7 Å². The summed E-state index contributed by atoms with van der Waals surface area (Å²) in [4.78, 5) is 40.3. The smallest absolute Gasteiger partial charge is 0.254 e. The van der Waals surface area contributed by atoms with Crippen molar-refractivity contribution in [3.63, 3.8) is 0 Å². The molecule has 1 atom stereocenters. The summed E-state index contributed by atoms with van der Waals surface area (Å²) in [5.41, 5.74) is 2.55. The maximum Gasteiger partial charge on any atom is 0.254 e. The Hall–Kier alpha value is -3.00. The second kappa shape index (κ2) is 6.14. The first-order valence-electron chi connectivity index (χ1n) is 8.02. The topological polar surface area (TPSA) is 104 Å². The lowest BCUT2D eigenvalue weighted by molar-refractivity contribution is -0.0248. The molecule has 1 aliphatic rings. The Labute approximate surface area is 142 Å². The average molecular weight is 339 g/mol. The molecule has 0 spiro atoms. The van der Waals surface area contributed by atoms with E-state index in [1.807, 2.05) is 6.07 Å². The molecule has 1 saturated heterocycles. The van der Waals surface area contributed by atoms with Gasteiger partial charge in [-0.25, -0.2) is 9.97 Å². The number of ether oxygens (including phenoxy) is 1. The number of aryl methyl sites for hydroxylation is 1. The van der Waals surface area contributed by atoms with E-state index in [-0.39, 0.29) is 11.5 Å². The summed E-state index contributed by atoms with van der Waals surface area (Å²) >= 11 is 0. The number of nitrogens with zero attached hydrogens (tertiary/aromatic N) is 3. The van der Waals surface area contributed by atoms with E-state index in [4.69, 9.17) is 4.74 Å². The Morgan fingerprint density at radius 1 is 1.36 bits per heavy atom. The van der Waals surface area contributed by atoms with Crippen molar-refractivity contribution in [3.8, 4) is 0 Å². The maximum atomic E-state index is 12.8. The third kappa shape index (κ3) is 3.03. The summed E-state index contributed by atoms with van der Waals surface area (Å²) in [5, 5.41) is 0. The monoisotopic (exact) mass is 339 g/mol. The highest BCUT2D eigenvalue weighted by Crippen LogP contribution is 2.22. The Balaban J connectivity index is 1.57. The van der Waals surface area contributed by atoms with E-state index in [9.17, 15) is 9.59 Å². The summed E-state index contributed by atoms with van der Waals surface area (Å²) in [6, 6.07) is 6.80. The molecule has 128 valence electrons. The molecule has 2 N–H and O–H groups in total. The van der Waals surface area contributed by atoms with Crippen LogP contribution in [0.2, 0.25) is 0 Å². The number of aromatic amines is 2. The molecule has 8 heteroatoms. The van der Waals surface area contributed by atoms with Gasteiger partial charge >= 0.3 is 0 Å². The van der Waals surface area contributed by atoms with Crippen LogP contribution in [0.25, 0.3) is 11.0 Å². The van der Waals surface area contributed by atoms with Crippen molar-refractivity contribution in [1.82, 2.24) is 24.8 Å². The third-order valence-electron chi connectivity index (χ3n) is 4.23. The molecule has 3 heterocycles. The molecule has 1 fully saturated rings. The SMILES string of the molecule is Cc1nc(C2CN(C(=O)c3ccc4nc[nH]c4c3)CCO2)cc(=O)[nH]1. The molecule has 1 unspecified atom stereocenters. The number of nitrogens with one attached hydrogen (secondary N) is 2. The summed E-state index contributed by atoms with van der Waals surface area (Å²) in [7, 11) is 0. The van der Waals surface area contributed by atoms with E-state index in [0.29, 0.717) is 36.8 Å². The van der Waals surface area contributed by atoms with Gasteiger partial charge in [0.2, 0.25) is 0 Å². The van der Waals surface area contributed by atoms with Crippen LogP contribution in [0.4, 0.5) is 0 Å². The summed E-state index contributed by atoms with van der Waals surface area (Å²) in [5.74, 6) is 0.450. The van der Waals surface area contributed by atoms with Gasteiger partial charge in [0.25, 0.3) is 11.5 Å². The van der Waals surface area contributed by atoms with Crippen LogP contribution >= 0.6 is 0 Å². The number of fused-ring (bicyclic) bond motifs is 1. The fraction of sp³-hybridized carbons (Fsp3) is 0.294. The van der Waals surface area contributed by atoms with Gasteiger partial charge in [-0.1, -0.05) is 0 Å². The quantitative estimate of drug-likeness (QED) is 0.729. The largest absolute Gasteiger partial charge is 0.368 e. The number of hydrogen-bond donors (Lipinski definition) is 2. The van der Waals surface area contributed by atoms with Gasteiger partial charge in [-0.05, 0) is 25.1 Å². The lowest BCUT2D eigenvalue weighted by Crippen LogP contribution is -2.42. The van der Waals surface area contributed by atoms with Crippen molar-refractivity contribution in [2.45, 2.75) is 13.0 Å². The Kier molecular flexibility index (Phi) is 3.81. The van der Waals surface area contributed by atoms with E-state index in [0.717, 1.165) is 11.0 Å². The second-order valence-electron chi connectivity index (χ2n) is 6.00. The minimum absolute atomic E-state index is 0.0774. The molecule has 0 radical (unpaired) electrons. The molecule has 2 aromatic heterocycles. The number of H-pyrrole nitrogens is 2. The minimum Gasteiger partial charge on any atom is -0.368 e. The van der Waals surface area contributed by atoms with Crippen LogP contribution in [-0.2, 0) is 4.74 Å². The second-order valence-corrected chi connectivity index (χ2v) is 6.00. The Morgan fingerprint density at radius 2 is 2.24 bits per heavy atom. The molecule has 3 aromatic rings. The molecule has 0 aliphatic carbocycles. The van der Waals surface area contributed by atoms with Crippen molar-refractivity contribution >= 4 is 16.9 Å². The first-order valence-corrected chi connectivity index (χ1v) is 8.02. The van der Waals surface area contributed by atoms with E-state index in [1.165, 1.54) is 6.07 Å². The fourth-order valence-electron chi connectivity index (χ4n) is 3.03. The van der Waals surface area contributed by atoms with Crippen molar-refractivity contribution < 1.29 is 9.53 Å². The lowest BCUT2D eigenvalue weighted by atomic mass is 10.1. The van der Waals surface area contributed by atoms with Gasteiger partial charge in [0.15, 0.2) is 0 Å². The van der Waals surface area contributed by atoms with Crippen molar-refractivity contribution in [2.24, 2.45) is 0 Å². The highest BCUT2D eigenvalue weighted by molar-refractivity contribution is 5.97. The van der Waals surface area contributed by atoms with Crippen LogP contribution in [0, 0.1) is 6.92 Å². The zero-order chi connectivity index (χ0) is 17.4. The number of carbonyl (C=O) groups is 1. The molecule has 1 amide bonds. The highest BCUT2D eigenvalue weighted by atomic mass is 16.5. The molecule has 8 nitrogen and oxygen atoms in total. The van der Waals surface area contributed by atoms with Crippen molar-refractivity contribution in [1.29, 1.82) is 0 Å². The molecule has 1 aromatic carbocycles. The van der Waals surface area contributed by atoms with Gasteiger partial charge in [-0.15, -0.1) is 0 Å². The van der Waals surface area contributed by atoms with Crippen LogP contribution in [0.3, 0.4) is 0 Å².